The van der Waals surface area contributed by atoms with Gasteiger partial charge in [-0.3, -0.25) is 9.59 Å². The maximum Gasteiger partial charge on any atom is 0.282 e. The molecule has 162 valence electrons. The predicted molar refractivity (Wildman–Crippen MR) is 131 cm³/mol. The van der Waals surface area contributed by atoms with Crippen molar-refractivity contribution >= 4 is 51.1 Å². The number of amides is 2. The minimum absolute atomic E-state index is 0.198. The van der Waals surface area contributed by atoms with E-state index in [0.717, 1.165) is 10.8 Å². The van der Waals surface area contributed by atoms with Crippen molar-refractivity contribution in [2.24, 2.45) is 0 Å². The van der Waals surface area contributed by atoms with Crippen molar-refractivity contribution in [3.8, 4) is 5.75 Å². The Morgan fingerprint density at radius 2 is 1.55 bits per heavy atom. The molecule has 0 bridgehead atoms. The molecule has 0 aliphatic carbocycles. The molecule has 0 unspecified atom stereocenters. The highest BCUT2D eigenvalue weighted by atomic mass is 35.5. The molecule has 5 rings (SSSR count). The zero-order valence-electron chi connectivity index (χ0n) is 17.7. The Hall–Kier alpha value is -4.09. The van der Waals surface area contributed by atoms with E-state index in [1.807, 2.05) is 54.6 Å². The van der Waals surface area contributed by atoms with E-state index < -0.39 is 11.8 Å². The molecule has 1 N–H and O–H groups in total. The number of methoxy groups -OCH3 is 1. The number of carbonyl (C=O) groups excluding carboxylic acids is 2. The van der Waals surface area contributed by atoms with Gasteiger partial charge < -0.3 is 10.1 Å². The average molecular weight is 455 g/mol. The number of ether oxygens (including phenoxy) is 1. The van der Waals surface area contributed by atoms with Crippen molar-refractivity contribution in [2.75, 3.05) is 17.3 Å². The average Bonchev–Trinajstić information content (AvgIpc) is 3.08. The first-order valence-electron chi connectivity index (χ1n) is 10.3. The molecule has 1 aliphatic rings. The van der Waals surface area contributed by atoms with Gasteiger partial charge in [-0.25, -0.2) is 4.90 Å². The molecule has 0 aromatic heterocycles. The lowest BCUT2D eigenvalue weighted by Gasteiger charge is -2.18. The first-order valence-corrected chi connectivity index (χ1v) is 10.7. The number of nitrogens with one attached hydrogen (secondary N) is 1. The van der Waals surface area contributed by atoms with E-state index in [2.05, 4.69) is 5.32 Å². The van der Waals surface area contributed by atoms with Crippen LogP contribution in [-0.2, 0) is 9.59 Å². The van der Waals surface area contributed by atoms with Crippen LogP contribution in [0.2, 0.25) is 5.02 Å². The third kappa shape index (κ3) is 3.73. The van der Waals surface area contributed by atoms with Crippen LogP contribution < -0.4 is 15.0 Å². The van der Waals surface area contributed by atoms with Gasteiger partial charge in [-0.05, 0) is 41.3 Å². The first kappa shape index (κ1) is 20.8. The Balaban J connectivity index is 1.65. The summed E-state index contributed by atoms with van der Waals surface area (Å²) < 4.78 is 5.30. The van der Waals surface area contributed by atoms with Crippen molar-refractivity contribution in [3.05, 3.63) is 107 Å². The SMILES string of the molecule is COc1cccc(NC2=C(c3ccc(Cl)cc3)C(=O)N(c3cccc4ccccc34)C2=O)c1. The largest absolute Gasteiger partial charge is 0.497 e. The van der Waals surface area contributed by atoms with E-state index in [-0.39, 0.29) is 11.3 Å². The number of nitrogens with zero attached hydrogens (tertiary/aromatic N) is 1. The Kier molecular flexibility index (Phi) is 5.32. The summed E-state index contributed by atoms with van der Waals surface area (Å²) in [6, 6.07) is 27.3. The lowest BCUT2D eigenvalue weighted by molar-refractivity contribution is -0.120. The van der Waals surface area contributed by atoms with Crippen molar-refractivity contribution in [3.63, 3.8) is 0 Å². The van der Waals surface area contributed by atoms with Gasteiger partial charge in [0.05, 0.1) is 18.4 Å². The Morgan fingerprint density at radius 3 is 2.33 bits per heavy atom. The highest BCUT2D eigenvalue weighted by Gasteiger charge is 2.40. The lowest BCUT2D eigenvalue weighted by atomic mass is 10.0. The van der Waals surface area contributed by atoms with E-state index in [1.165, 1.54) is 4.90 Å². The standard InChI is InChI=1S/C27H19ClN2O3/c1-33-21-9-5-8-20(16-21)29-25-24(18-12-14-19(28)15-13-18)26(31)30(27(25)32)23-11-4-7-17-6-2-3-10-22(17)23/h2-16,29H,1H3. The van der Waals surface area contributed by atoms with Gasteiger partial charge in [-0.1, -0.05) is 66.2 Å². The summed E-state index contributed by atoms with van der Waals surface area (Å²) in [5.74, 6) is -0.190. The van der Waals surface area contributed by atoms with Gasteiger partial charge in [0.15, 0.2) is 0 Å². The Morgan fingerprint density at radius 1 is 0.818 bits per heavy atom. The van der Waals surface area contributed by atoms with Crippen LogP contribution in [-0.4, -0.2) is 18.9 Å². The van der Waals surface area contributed by atoms with E-state index in [1.54, 1.807) is 43.5 Å². The van der Waals surface area contributed by atoms with E-state index in [4.69, 9.17) is 16.3 Å². The zero-order valence-corrected chi connectivity index (χ0v) is 18.5. The molecule has 0 saturated carbocycles. The van der Waals surface area contributed by atoms with Crippen LogP contribution in [0, 0.1) is 0 Å². The fourth-order valence-corrected chi connectivity index (χ4v) is 4.12. The Labute approximate surface area is 195 Å². The number of benzene rings is 4. The van der Waals surface area contributed by atoms with Crippen LogP contribution in [0.4, 0.5) is 11.4 Å². The van der Waals surface area contributed by atoms with Gasteiger partial charge in [0.2, 0.25) is 0 Å². The van der Waals surface area contributed by atoms with Gasteiger partial charge in [-0.2, -0.15) is 0 Å². The molecule has 1 heterocycles. The minimum atomic E-state index is -0.427. The van der Waals surface area contributed by atoms with E-state index in [9.17, 15) is 9.59 Å². The molecular weight excluding hydrogens is 436 g/mol. The van der Waals surface area contributed by atoms with Gasteiger partial charge >= 0.3 is 0 Å². The highest BCUT2D eigenvalue weighted by Crippen LogP contribution is 2.37. The van der Waals surface area contributed by atoms with Crippen LogP contribution in [0.3, 0.4) is 0 Å². The summed E-state index contributed by atoms with van der Waals surface area (Å²) in [5.41, 5.74) is 2.26. The summed E-state index contributed by atoms with van der Waals surface area (Å²) in [4.78, 5) is 28.6. The van der Waals surface area contributed by atoms with Crippen molar-refractivity contribution in [1.29, 1.82) is 0 Å². The molecule has 0 fully saturated rings. The quantitative estimate of drug-likeness (QED) is 0.381. The second-order valence-electron chi connectivity index (χ2n) is 7.56. The molecule has 5 nitrogen and oxygen atoms in total. The summed E-state index contributed by atoms with van der Waals surface area (Å²) in [7, 11) is 1.57. The van der Waals surface area contributed by atoms with Gasteiger partial charge in [0.25, 0.3) is 11.8 Å². The number of fused-ring (bicyclic) bond motifs is 1. The number of halogens is 1. The Bertz CT molecular complexity index is 1420. The maximum absolute atomic E-state index is 13.7. The monoisotopic (exact) mass is 454 g/mol. The number of anilines is 2. The smallest absolute Gasteiger partial charge is 0.282 e. The lowest BCUT2D eigenvalue weighted by Crippen LogP contribution is -2.32. The molecule has 2 amide bonds. The third-order valence-corrected chi connectivity index (χ3v) is 5.82. The normalized spacial score (nSPS) is 13.7. The fraction of sp³-hybridized carbons (Fsp3) is 0.0370. The fourth-order valence-electron chi connectivity index (χ4n) is 4.00. The van der Waals surface area contributed by atoms with Gasteiger partial charge in [-0.15, -0.1) is 0 Å². The summed E-state index contributed by atoms with van der Waals surface area (Å²) >= 11 is 6.06. The second-order valence-corrected chi connectivity index (χ2v) is 7.99. The minimum Gasteiger partial charge on any atom is -0.497 e. The van der Waals surface area contributed by atoms with Crippen molar-refractivity contribution in [1.82, 2.24) is 0 Å². The molecule has 0 radical (unpaired) electrons. The summed E-state index contributed by atoms with van der Waals surface area (Å²) in [5, 5.41) is 5.47. The zero-order chi connectivity index (χ0) is 22.9. The van der Waals surface area contributed by atoms with Crippen LogP contribution in [0.15, 0.2) is 96.7 Å². The molecule has 33 heavy (non-hydrogen) atoms. The van der Waals surface area contributed by atoms with Crippen molar-refractivity contribution in [2.45, 2.75) is 0 Å². The molecule has 1 aliphatic heterocycles. The number of rotatable bonds is 5. The number of carbonyl (C=O) groups is 2. The molecule has 0 saturated heterocycles. The first-order chi connectivity index (χ1) is 16.1. The van der Waals surface area contributed by atoms with Crippen LogP contribution in [0.25, 0.3) is 16.3 Å². The van der Waals surface area contributed by atoms with E-state index >= 15 is 0 Å². The molecule has 6 heteroatoms. The van der Waals surface area contributed by atoms with Crippen LogP contribution >= 0.6 is 11.6 Å². The van der Waals surface area contributed by atoms with E-state index in [0.29, 0.717) is 27.7 Å². The maximum atomic E-state index is 13.7. The number of imide groups is 1. The molecule has 4 aromatic carbocycles. The summed E-state index contributed by atoms with van der Waals surface area (Å²) in [6.07, 6.45) is 0. The summed E-state index contributed by atoms with van der Waals surface area (Å²) in [6.45, 7) is 0. The van der Waals surface area contributed by atoms with Crippen LogP contribution in [0.1, 0.15) is 5.56 Å². The van der Waals surface area contributed by atoms with Crippen LogP contribution in [0.5, 0.6) is 5.75 Å². The van der Waals surface area contributed by atoms with Gasteiger partial charge in [0, 0.05) is 22.2 Å². The molecule has 4 aromatic rings. The molecular formula is C27H19ClN2O3. The molecule has 0 atom stereocenters. The highest BCUT2D eigenvalue weighted by molar-refractivity contribution is 6.47. The number of hydrogen-bond donors (Lipinski definition) is 1. The molecule has 0 spiro atoms. The predicted octanol–water partition coefficient (Wildman–Crippen LogP) is 5.90. The third-order valence-electron chi connectivity index (χ3n) is 5.56. The van der Waals surface area contributed by atoms with Crippen molar-refractivity contribution < 1.29 is 14.3 Å². The topological polar surface area (TPSA) is 58.6 Å². The van der Waals surface area contributed by atoms with Gasteiger partial charge in [0.1, 0.15) is 11.4 Å². The number of hydrogen-bond acceptors (Lipinski definition) is 4. The second kappa shape index (κ2) is 8.45.